The first-order chi connectivity index (χ1) is 13.8. The van der Waals surface area contributed by atoms with Gasteiger partial charge in [0.05, 0.1) is 6.61 Å². The number of rotatable bonds is 7. The molecule has 9 nitrogen and oxygen atoms in total. The van der Waals surface area contributed by atoms with E-state index in [2.05, 4.69) is 15.0 Å². The third-order valence-corrected chi connectivity index (χ3v) is 6.74. The fourth-order valence-electron chi connectivity index (χ4n) is 2.90. The lowest BCUT2D eigenvalue weighted by atomic mass is 10.2. The molecule has 29 heavy (non-hydrogen) atoms. The number of halogens is 1. The number of benzene rings is 1. The van der Waals surface area contributed by atoms with E-state index in [9.17, 15) is 8.42 Å². The van der Waals surface area contributed by atoms with E-state index in [1.54, 1.807) is 0 Å². The number of piperazine rings is 1. The van der Waals surface area contributed by atoms with E-state index < -0.39 is 10.2 Å². The predicted octanol–water partition coefficient (Wildman–Crippen LogP) is 1.73. The van der Waals surface area contributed by atoms with Gasteiger partial charge in [0.2, 0.25) is 11.2 Å². The fourth-order valence-corrected chi connectivity index (χ4v) is 4.15. The molecule has 11 heteroatoms. The summed E-state index contributed by atoms with van der Waals surface area (Å²) in [6.45, 7) is 3.91. The average Bonchev–Trinajstić information content (AvgIpc) is 2.72. The highest BCUT2D eigenvalue weighted by atomic mass is 35.5. The highest BCUT2D eigenvalue weighted by Crippen LogP contribution is 2.21. The van der Waals surface area contributed by atoms with Crippen LogP contribution in [0.4, 0.5) is 5.95 Å². The Kier molecular flexibility index (Phi) is 7.01. The maximum atomic E-state index is 12.3. The van der Waals surface area contributed by atoms with E-state index in [4.69, 9.17) is 16.3 Å². The minimum Gasteiger partial charge on any atom is -0.366 e. The molecule has 2 aromatic rings. The zero-order chi connectivity index (χ0) is 21.0. The quantitative estimate of drug-likeness (QED) is 0.647. The van der Waals surface area contributed by atoms with Gasteiger partial charge in [-0.3, -0.25) is 0 Å². The van der Waals surface area contributed by atoms with Crippen molar-refractivity contribution in [3.8, 4) is 0 Å². The highest BCUT2D eigenvalue weighted by Gasteiger charge is 2.30. The van der Waals surface area contributed by atoms with E-state index in [-0.39, 0.29) is 11.4 Å². The van der Waals surface area contributed by atoms with Crippen molar-refractivity contribution in [3.05, 3.63) is 47.0 Å². The summed E-state index contributed by atoms with van der Waals surface area (Å²) in [5.74, 6) is 0.872. The molecule has 0 amide bonds. The summed E-state index contributed by atoms with van der Waals surface area (Å²) in [6.07, 6.45) is -0.370. The van der Waals surface area contributed by atoms with E-state index >= 15 is 0 Å². The molecule has 1 aliphatic heterocycles. The lowest BCUT2D eigenvalue weighted by Gasteiger charge is -2.35. The summed E-state index contributed by atoms with van der Waals surface area (Å²) < 4.78 is 33.1. The van der Waals surface area contributed by atoms with Crippen LogP contribution in [0.3, 0.4) is 0 Å². The minimum atomic E-state index is -3.43. The van der Waals surface area contributed by atoms with Crippen LogP contribution in [0.2, 0.25) is 5.28 Å². The average molecular weight is 441 g/mol. The van der Waals surface area contributed by atoms with Gasteiger partial charge < -0.3 is 9.64 Å². The first-order valence-electron chi connectivity index (χ1n) is 9.27. The van der Waals surface area contributed by atoms with Crippen LogP contribution in [-0.4, -0.2) is 72.3 Å². The number of nitrogens with zero attached hydrogens (tertiary/aromatic N) is 6. The first kappa shape index (κ1) is 21.8. The molecule has 0 radical (unpaired) electrons. The van der Waals surface area contributed by atoms with Crippen molar-refractivity contribution in [2.45, 2.75) is 19.6 Å². The lowest BCUT2D eigenvalue weighted by molar-refractivity contribution is 0.0466. The normalized spacial score (nSPS) is 16.9. The summed E-state index contributed by atoms with van der Waals surface area (Å²) in [5.41, 5.74) is 1.05. The van der Waals surface area contributed by atoms with Crippen molar-refractivity contribution in [2.24, 2.45) is 0 Å². The summed E-state index contributed by atoms with van der Waals surface area (Å²) in [7, 11) is -0.380. The van der Waals surface area contributed by atoms with Crippen LogP contribution < -0.4 is 4.90 Å². The molecule has 2 heterocycles. The van der Waals surface area contributed by atoms with Crippen molar-refractivity contribution >= 4 is 27.8 Å². The molecule has 1 unspecified atom stereocenters. The monoisotopic (exact) mass is 440 g/mol. The standard InChI is InChI=1S/C18H25ClN6O3S/c1-14(28-13-15-7-5-4-6-8-15)16-20-17(19)22-18(21-16)24-9-11-25(12-10-24)29(26,27)23(2)3/h4-8,14H,9-13H2,1-3H3. The highest BCUT2D eigenvalue weighted by molar-refractivity contribution is 7.86. The first-order valence-corrected chi connectivity index (χ1v) is 11.0. The predicted molar refractivity (Wildman–Crippen MR) is 111 cm³/mol. The van der Waals surface area contributed by atoms with Gasteiger partial charge >= 0.3 is 0 Å². The Hall–Kier alpha value is -1.85. The van der Waals surface area contributed by atoms with Crippen molar-refractivity contribution in [2.75, 3.05) is 45.2 Å². The topological polar surface area (TPSA) is 91.8 Å². The third-order valence-electron chi connectivity index (χ3n) is 4.63. The maximum Gasteiger partial charge on any atom is 0.281 e. The number of aromatic nitrogens is 3. The van der Waals surface area contributed by atoms with Crippen LogP contribution in [0.25, 0.3) is 0 Å². The van der Waals surface area contributed by atoms with Crippen LogP contribution in [0.5, 0.6) is 0 Å². The summed E-state index contributed by atoms with van der Waals surface area (Å²) >= 11 is 6.12. The number of hydrogen-bond donors (Lipinski definition) is 0. The SMILES string of the molecule is CC(OCc1ccccc1)c1nc(Cl)nc(N2CCN(S(=O)(=O)N(C)C)CC2)n1. The van der Waals surface area contributed by atoms with Gasteiger partial charge in [0.1, 0.15) is 6.10 Å². The van der Waals surface area contributed by atoms with Gasteiger partial charge in [0.25, 0.3) is 10.2 Å². The third kappa shape index (κ3) is 5.40. The second kappa shape index (κ2) is 9.31. The Morgan fingerprint density at radius 3 is 2.38 bits per heavy atom. The summed E-state index contributed by atoms with van der Waals surface area (Å²) in [6, 6.07) is 9.84. The Morgan fingerprint density at radius 1 is 1.10 bits per heavy atom. The number of hydrogen-bond acceptors (Lipinski definition) is 7. The van der Waals surface area contributed by atoms with Crippen molar-refractivity contribution < 1.29 is 13.2 Å². The van der Waals surface area contributed by atoms with Crippen LogP contribution in [0.15, 0.2) is 30.3 Å². The zero-order valence-electron chi connectivity index (χ0n) is 16.7. The fraction of sp³-hybridized carbons (Fsp3) is 0.500. The summed E-state index contributed by atoms with van der Waals surface area (Å²) in [4.78, 5) is 14.8. The Bertz CT molecular complexity index is 920. The molecule has 1 aromatic carbocycles. The van der Waals surface area contributed by atoms with Gasteiger partial charge in [0.15, 0.2) is 5.82 Å². The number of ether oxygens (including phenoxy) is 1. The molecule has 0 bridgehead atoms. The Balaban J connectivity index is 1.66. The molecule has 1 aliphatic rings. The van der Waals surface area contributed by atoms with Crippen molar-refractivity contribution in [1.29, 1.82) is 0 Å². The van der Waals surface area contributed by atoms with E-state index in [1.807, 2.05) is 42.2 Å². The van der Waals surface area contributed by atoms with E-state index in [0.717, 1.165) is 5.56 Å². The maximum absolute atomic E-state index is 12.3. The lowest BCUT2D eigenvalue weighted by Crippen LogP contribution is -2.52. The van der Waals surface area contributed by atoms with E-state index in [0.29, 0.717) is 44.6 Å². The van der Waals surface area contributed by atoms with Crippen molar-refractivity contribution in [1.82, 2.24) is 23.6 Å². The van der Waals surface area contributed by atoms with Crippen LogP contribution in [0, 0.1) is 0 Å². The molecule has 0 spiro atoms. The molecular weight excluding hydrogens is 416 g/mol. The smallest absolute Gasteiger partial charge is 0.281 e. The molecule has 1 fully saturated rings. The Morgan fingerprint density at radius 2 is 1.76 bits per heavy atom. The van der Waals surface area contributed by atoms with Crippen molar-refractivity contribution in [3.63, 3.8) is 0 Å². The summed E-state index contributed by atoms with van der Waals surface area (Å²) in [5, 5.41) is 0.0866. The molecule has 1 saturated heterocycles. The molecule has 1 atom stereocenters. The Labute approximate surface area is 176 Å². The molecule has 0 aliphatic carbocycles. The van der Waals surface area contributed by atoms with Gasteiger partial charge in [-0.05, 0) is 24.1 Å². The molecule has 0 N–H and O–H groups in total. The molecule has 158 valence electrons. The molecule has 1 aromatic heterocycles. The van der Waals surface area contributed by atoms with Gasteiger partial charge in [-0.2, -0.15) is 32.0 Å². The van der Waals surface area contributed by atoms with Crippen LogP contribution in [-0.2, 0) is 21.6 Å². The molecule has 3 rings (SSSR count). The largest absolute Gasteiger partial charge is 0.366 e. The number of anilines is 1. The van der Waals surface area contributed by atoms with Crippen LogP contribution in [0.1, 0.15) is 24.4 Å². The van der Waals surface area contributed by atoms with Gasteiger partial charge in [-0.25, -0.2) is 0 Å². The van der Waals surface area contributed by atoms with Crippen LogP contribution >= 0.6 is 11.6 Å². The van der Waals surface area contributed by atoms with Gasteiger partial charge in [-0.15, -0.1) is 0 Å². The second-order valence-corrected chi connectivity index (χ2v) is 9.36. The molecular formula is C18H25ClN6O3S. The van der Waals surface area contributed by atoms with E-state index in [1.165, 1.54) is 22.7 Å². The minimum absolute atomic E-state index is 0.0866. The van der Waals surface area contributed by atoms with Gasteiger partial charge in [-0.1, -0.05) is 30.3 Å². The second-order valence-electron chi connectivity index (χ2n) is 6.88. The van der Waals surface area contributed by atoms with Gasteiger partial charge in [0, 0.05) is 40.3 Å². The molecule has 0 saturated carbocycles. The zero-order valence-corrected chi connectivity index (χ0v) is 18.3.